The van der Waals surface area contributed by atoms with E-state index in [9.17, 15) is 4.79 Å². The molecule has 0 bridgehead atoms. The van der Waals surface area contributed by atoms with Crippen molar-refractivity contribution >= 4 is 5.97 Å². The number of oxazole rings is 1. The maximum absolute atomic E-state index is 10.8. The predicted molar refractivity (Wildman–Crippen MR) is 49.2 cm³/mol. The maximum Gasteiger partial charge on any atom is 0.358 e. The standard InChI is InChI=1S/C9H4N4O3/c10-2-5-1-6(12-3-11-5)8-7(9(14)15)13-4-16-8/h1,3-4H,(H,14,15). The summed E-state index contributed by atoms with van der Waals surface area (Å²) in [5.74, 6) is -1.22. The quantitative estimate of drug-likeness (QED) is 0.785. The molecule has 0 aliphatic heterocycles. The zero-order valence-corrected chi connectivity index (χ0v) is 7.78. The van der Waals surface area contributed by atoms with Gasteiger partial charge < -0.3 is 9.52 Å². The molecule has 0 unspecified atom stereocenters. The molecule has 1 N–H and O–H groups in total. The predicted octanol–water partition coefficient (Wildman–Crippen LogP) is 0.701. The summed E-state index contributed by atoms with van der Waals surface area (Å²) in [5, 5.41) is 17.4. The number of nitriles is 1. The van der Waals surface area contributed by atoms with Crippen LogP contribution in [0.5, 0.6) is 0 Å². The van der Waals surface area contributed by atoms with Crippen molar-refractivity contribution in [2.24, 2.45) is 0 Å². The Kier molecular flexibility index (Phi) is 2.31. The lowest BCUT2D eigenvalue weighted by Gasteiger charge is -1.96. The minimum atomic E-state index is -1.22. The Morgan fingerprint density at radius 2 is 2.25 bits per heavy atom. The van der Waals surface area contributed by atoms with Gasteiger partial charge in [0.1, 0.15) is 23.8 Å². The first-order valence-corrected chi connectivity index (χ1v) is 4.11. The van der Waals surface area contributed by atoms with Gasteiger partial charge in [-0.1, -0.05) is 0 Å². The number of carboxylic acid groups (broad SMARTS) is 1. The molecule has 0 spiro atoms. The zero-order valence-electron chi connectivity index (χ0n) is 7.78. The van der Waals surface area contributed by atoms with Crippen LogP contribution in [0.15, 0.2) is 23.2 Å². The molecule has 2 rings (SSSR count). The molecule has 0 radical (unpaired) electrons. The highest BCUT2D eigenvalue weighted by Gasteiger charge is 2.18. The maximum atomic E-state index is 10.8. The van der Waals surface area contributed by atoms with E-state index in [0.29, 0.717) is 0 Å². The first-order valence-electron chi connectivity index (χ1n) is 4.11. The topological polar surface area (TPSA) is 113 Å². The van der Waals surface area contributed by atoms with Gasteiger partial charge in [0, 0.05) is 6.07 Å². The molecule has 2 aromatic rings. The van der Waals surface area contributed by atoms with Crippen molar-refractivity contribution in [1.82, 2.24) is 15.0 Å². The van der Waals surface area contributed by atoms with Crippen LogP contribution >= 0.6 is 0 Å². The van der Waals surface area contributed by atoms with Crippen LogP contribution in [0.4, 0.5) is 0 Å². The molecular weight excluding hydrogens is 212 g/mol. The second-order valence-corrected chi connectivity index (χ2v) is 2.74. The van der Waals surface area contributed by atoms with Crippen LogP contribution in [-0.4, -0.2) is 26.0 Å². The SMILES string of the molecule is N#Cc1cc(-c2ocnc2C(=O)O)ncn1. The van der Waals surface area contributed by atoms with Crippen molar-refractivity contribution in [3.63, 3.8) is 0 Å². The van der Waals surface area contributed by atoms with E-state index in [1.165, 1.54) is 6.07 Å². The number of hydrogen-bond acceptors (Lipinski definition) is 6. The second-order valence-electron chi connectivity index (χ2n) is 2.74. The summed E-state index contributed by atoms with van der Waals surface area (Å²) in [7, 11) is 0. The van der Waals surface area contributed by atoms with Crippen LogP contribution in [0.3, 0.4) is 0 Å². The van der Waals surface area contributed by atoms with E-state index in [1.54, 1.807) is 0 Å². The van der Waals surface area contributed by atoms with Crippen molar-refractivity contribution in [1.29, 1.82) is 5.26 Å². The van der Waals surface area contributed by atoms with Crippen molar-refractivity contribution in [2.75, 3.05) is 0 Å². The Labute approximate surface area is 89.0 Å². The van der Waals surface area contributed by atoms with Crippen LogP contribution in [0.1, 0.15) is 16.2 Å². The Morgan fingerprint density at radius 3 is 2.94 bits per heavy atom. The summed E-state index contributed by atoms with van der Waals surface area (Å²) < 4.78 is 4.92. The summed E-state index contributed by atoms with van der Waals surface area (Å²) in [6, 6.07) is 3.14. The molecule has 2 aromatic heterocycles. The average molecular weight is 216 g/mol. The molecule has 7 nitrogen and oxygen atoms in total. The molecule has 0 aliphatic rings. The molecule has 0 saturated carbocycles. The number of aromatic nitrogens is 3. The highest BCUT2D eigenvalue weighted by molar-refractivity contribution is 5.91. The fraction of sp³-hybridized carbons (Fsp3) is 0. The highest BCUT2D eigenvalue weighted by atomic mass is 16.4. The molecule has 0 atom stereocenters. The summed E-state index contributed by atoms with van der Waals surface area (Å²) in [6.45, 7) is 0. The Bertz CT molecular complexity index is 584. The number of carbonyl (C=O) groups is 1. The normalized spacial score (nSPS) is 9.69. The Balaban J connectivity index is 2.55. The lowest BCUT2D eigenvalue weighted by atomic mass is 10.2. The molecule has 0 fully saturated rings. The van der Waals surface area contributed by atoms with Crippen molar-refractivity contribution < 1.29 is 14.3 Å². The first-order chi connectivity index (χ1) is 7.72. The van der Waals surface area contributed by atoms with Crippen LogP contribution in [0.25, 0.3) is 11.5 Å². The third kappa shape index (κ3) is 1.59. The average Bonchev–Trinajstić information content (AvgIpc) is 2.78. The second kappa shape index (κ2) is 3.78. The Morgan fingerprint density at radius 1 is 1.44 bits per heavy atom. The molecule has 2 heterocycles. The summed E-state index contributed by atoms with van der Waals surface area (Å²) in [6.07, 6.45) is 2.16. The van der Waals surface area contributed by atoms with Crippen molar-refractivity contribution in [2.45, 2.75) is 0 Å². The number of nitrogens with zero attached hydrogens (tertiary/aromatic N) is 4. The van der Waals surface area contributed by atoms with Gasteiger partial charge in [-0.3, -0.25) is 0 Å². The molecule has 0 saturated heterocycles. The molecule has 0 amide bonds. The van der Waals surface area contributed by atoms with E-state index < -0.39 is 5.97 Å². The van der Waals surface area contributed by atoms with Gasteiger partial charge in [0.15, 0.2) is 17.8 Å². The van der Waals surface area contributed by atoms with E-state index in [-0.39, 0.29) is 22.8 Å². The van der Waals surface area contributed by atoms with Gasteiger partial charge >= 0.3 is 5.97 Å². The van der Waals surface area contributed by atoms with Crippen LogP contribution < -0.4 is 0 Å². The molecule has 0 aliphatic carbocycles. The van der Waals surface area contributed by atoms with Gasteiger partial charge in [0.25, 0.3) is 0 Å². The van der Waals surface area contributed by atoms with Crippen molar-refractivity contribution in [3.8, 4) is 17.5 Å². The first kappa shape index (κ1) is 9.79. The van der Waals surface area contributed by atoms with Crippen molar-refractivity contribution in [3.05, 3.63) is 30.2 Å². The molecule has 78 valence electrons. The lowest BCUT2D eigenvalue weighted by molar-refractivity contribution is 0.0691. The van der Waals surface area contributed by atoms with E-state index >= 15 is 0 Å². The minimum absolute atomic E-state index is 0.00593. The molecule has 16 heavy (non-hydrogen) atoms. The van der Waals surface area contributed by atoms with Gasteiger partial charge in [0.2, 0.25) is 0 Å². The highest BCUT2D eigenvalue weighted by Crippen LogP contribution is 2.20. The fourth-order valence-corrected chi connectivity index (χ4v) is 1.12. The molecule has 7 heteroatoms. The summed E-state index contributed by atoms with van der Waals surface area (Å²) in [5.41, 5.74) is 0.0850. The van der Waals surface area contributed by atoms with Gasteiger partial charge in [0.05, 0.1) is 0 Å². The van der Waals surface area contributed by atoms with Crippen LogP contribution in [0.2, 0.25) is 0 Å². The van der Waals surface area contributed by atoms with Gasteiger partial charge in [-0.15, -0.1) is 0 Å². The molecule has 0 aromatic carbocycles. The number of hydrogen-bond donors (Lipinski definition) is 1. The summed E-state index contributed by atoms with van der Waals surface area (Å²) in [4.78, 5) is 21.8. The van der Waals surface area contributed by atoms with Crippen LogP contribution in [0, 0.1) is 11.3 Å². The third-order valence-electron chi connectivity index (χ3n) is 1.78. The smallest absolute Gasteiger partial charge is 0.358 e. The van der Waals surface area contributed by atoms with E-state index in [4.69, 9.17) is 14.8 Å². The monoisotopic (exact) mass is 216 g/mol. The number of rotatable bonds is 2. The minimum Gasteiger partial charge on any atom is -0.476 e. The summed E-state index contributed by atoms with van der Waals surface area (Å²) >= 11 is 0. The van der Waals surface area contributed by atoms with E-state index in [2.05, 4.69) is 15.0 Å². The van der Waals surface area contributed by atoms with E-state index in [0.717, 1.165) is 12.7 Å². The van der Waals surface area contributed by atoms with Gasteiger partial charge in [-0.05, 0) is 0 Å². The Hall–Kier alpha value is -2.75. The number of aromatic carboxylic acids is 1. The third-order valence-corrected chi connectivity index (χ3v) is 1.78. The number of carboxylic acids is 1. The fourth-order valence-electron chi connectivity index (χ4n) is 1.12. The lowest BCUT2D eigenvalue weighted by Crippen LogP contribution is -1.99. The van der Waals surface area contributed by atoms with E-state index in [1.807, 2.05) is 6.07 Å². The largest absolute Gasteiger partial charge is 0.476 e. The van der Waals surface area contributed by atoms with Gasteiger partial charge in [-0.25, -0.2) is 19.7 Å². The van der Waals surface area contributed by atoms with Gasteiger partial charge in [-0.2, -0.15) is 5.26 Å². The zero-order chi connectivity index (χ0) is 11.5. The molecular formula is C9H4N4O3. The van der Waals surface area contributed by atoms with Crippen LogP contribution in [-0.2, 0) is 0 Å².